The number of ether oxygens (including phenoxy) is 1. The number of halogens is 1. The van der Waals surface area contributed by atoms with E-state index in [1.165, 1.54) is 0 Å². The first-order valence-corrected chi connectivity index (χ1v) is 9.67. The first-order valence-electron chi connectivity index (χ1n) is 9.29. The standard InChI is InChI=1S/C21H26ClN3O2/c1-16(15-25-9-11-27-12-10-25)23-14-17-3-2-4-20(13-17)24-21(26)18-5-7-19(22)8-6-18/h2-8,13,16,23H,9-12,14-15H2,1H3,(H,24,26). The number of nitrogens with zero attached hydrogens (tertiary/aromatic N) is 1. The lowest BCUT2D eigenvalue weighted by Gasteiger charge is -2.29. The minimum absolute atomic E-state index is 0.141. The third-order valence-corrected chi connectivity index (χ3v) is 4.83. The highest BCUT2D eigenvalue weighted by atomic mass is 35.5. The van der Waals surface area contributed by atoms with Gasteiger partial charge in [-0.3, -0.25) is 9.69 Å². The topological polar surface area (TPSA) is 53.6 Å². The zero-order valence-corrected chi connectivity index (χ0v) is 16.3. The molecule has 27 heavy (non-hydrogen) atoms. The predicted molar refractivity (Wildman–Crippen MR) is 109 cm³/mol. The highest BCUT2D eigenvalue weighted by Crippen LogP contribution is 2.14. The van der Waals surface area contributed by atoms with E-state index in [1.54, 1.807) is 24.3 Å². The first-order chi connectivity index (χ1) is 13.1. The lowest BCUT2D eigenvalue weighted by molar-refractivity contribution is 0.0343. The summed E-state index contributed by atoms with van der Waals surface area (Å²) in [6.07, 6.45) is 0. The van der Waals surface area contributed by atoms with Crippen LogP contribution in [0.4, 0.5) is 5.69 Å². The number of amides is 1. The van der Waals surface area contributed by atoms with Crippen molar-refractivity contribution in [1.29, 1.82) is 0 Å². The molecule has 3 rings (SSSR count). The molecule has 0 spiro atoms. The summed E-state index contributed by atoms with van der Waals surface area (Å²) < 4.78 is 5.39. The van der Waals surface area contributed by atoms with E-state index in [0.29, 0.717) is 16.6 Å². The van der Waals surface area contributed by atoms with Crippen LogP contribution in [0, 0.1) is 0 Å². The lowest BCUT2D eigenvalue weighted by Crippen LogP contribution is -2.44. The van der Waals surface area contributed by atoms with Gasteiger partial charge in [-0.2, -0.15) is 0 Å². The number of anilines is 1. The molecular weight excluding hydrogens is 362 g/mol. The molecule has 2 aromatic rings. The summed E-state index contributed by atoms with van der Waals surface area (Å²) in [6, 6.07) is 15.2. The Morgan fingerprint density at radius 3 is 2.67 bits per heavy atom. The van der Waals surface area contributed by atoms with E-state index in [9.17, 15) is 4.79 Å². The van der Waals surface area contributed by atoms with Gasteiger partial charge >= 0.3 is 0 Å². The summed E-state index contributed by atoms with van der Waals surface area (Å²) >= 11 is 5.87. The summed E-state index contributed by atoms with van der Waals surface area (Å²) in [5.74, 6) is -0.141. The Labute approximate surface area is 165 Å². The maximum Gasteiger partial charge on any atom is 0.255 e. The molecule has 1 aliphatic heterocycles. The van der Waals surface area contributed by atoms with E-state index in [0.717, 1.165) is 50.6 Å². The number of hydrogen-bond acceptors (Lipinski definition) is 4. The van der Waals surface area contributed by atoms with Crippen LogP contribution in [0.3, 0.4) is 0 Å². The van der Waals surface area contributed by atoms with Gasteiger partial charge in [0.05, 0.1) is 13.2 Å². The quantitative estimate of drug-likeness (QED) is 0.764. The van der Waals surface area contributed by atoms with Gasteiger partial charge < -0.3 is 15.4 Å². The molecule has 2 aromatic carbocycles. The Hall–Kier alpha value is -1.92. The molecule has 0 aromatic heterocycles. The summed E-state index contributed by atoms with van der Waals surface area (Å²) in [7, 11) is 0. The Balaban J connectivity index is 1.50. The van der Waals surface area contributed by atoms with Crippen LogP contribution in [0.1, 0.15) is 22.8 Å². The number of morpholine rings is 1. The number of nitrogens with one attached hydrogen (secondary N) is 2. The number of carbonyl (C=O) groups is 1. The molecule has 144 valence electrons. The summed E-state index contributed by atoms with van der Waals surface area (Å²) in [5, 5.41) is 7.11. The highest BCUT2D eigenvalue weighted by Gasteiger charge is 2.13. The zero-order chi connectivity index (χ0) is 19.1. The normalized spacial score (nSPS) is 16.1. The molecule has 0 bridgehead atoms. The van der Waals surface area contributed by atoms with Crippen molar-refractivity contribution >= 4 is 23.2 Å². The van der Waals surface area contributed by atoms with Crippen molar-refractivity contribution in [2.24, 2.45) is 0 Å². The Morgan fingerprint density at radius 1 is 1.19 bits per heavy atom. The van der Waals surface area contributed by atoms with Crippen LogP contribution < -0.4 is 10.6 Å². The highest BCUT2D eigenvalue weighted by molar-refractivity contribution is 6.30. The average molecular weight is 388 g/mol. The van der Waals surface area contributed by atoms with Crippen molar-refractivity contribution in [3.05, 3.63) is 64.7 Å². The summed E-state index contributed by atoms with van der Waals surface area (Å²) in [4.78, 5) is 14.8. The van der Waals surface area contributed by atoms with Crippen molar-refractivity contribution in [1.82, 2.24) is 10.2 Å². The van der Waals surface area contributed by atoms with E-state index in [2.05, 4.69) is 28.5 Å². The van der Waals surface area contributed by atoms with Gasteiger partial charge in [0.1, 0.15) is 0 Å². The van der Waals surface area contributed by atoms with Gasteiger partial charge in [-0.15, -0.1) is 0 Å². The Kier molecular flexibility index (Phi) is 7.24. The second-order valence-corrected chi connectivity index (χ2v) is 7.29. The van der Waals surface area contributed by atoms with Crippen LogP contribution in [0.5, 0.6) is 0 Å². The number of benzene rings is 2. The van der Waals surface area contributed by atoms with Gasteiger partial charge in [0.25, 0.3) is 5.91 Å². The smallest absolute Gasteiger partial charge is 0.255 e. The maximum atomic E-state index is 12.3. The van der Waals surface area contributed by atoms with Gasteiger partial charge in [-0.05, 0) is 48.9 Å². The van der Waals surface area contributed by atoms with Crippen molar-refractivity contribution in [3.63, 3.8) is 0 Å². The fraction of sp³-hybridized carbons (Fsp3) is 0.381. The fourth-order valence-electron chi connectivity index (χ4n) is 3.09. The Morgan fingerprint density at radius 2 is 1.93 bits per heavy atom. The molecule has 6 heteroatoms. The maximum absolute atomic E-state index is 12.3. The predicted octanol–water partition coefficient (Wildman–Crippen LogP) is 3.40. The molecule has 1 fully saturated rings. The molecule has 1 atom stereocenters. The molecule has 1 saturated heterocycles. The number of carbonyl (C=O) groups excluding carboxylic acids is 1. The summed E-state index contributed by atoms with van der Waals surface area (Å²) in [6.45, 7) is 7.61. The van der Waals surface area contributed by atoms with Gasteiger partial charge in [-0.25, -0.2) is 0 Å². The van der Waals surface area contributed by atoms with E-state index < -0.39 is 0 Å². The van der Waals surface area contributed by atoms with Crippen molar-refractivity contribution in [2.75, 3.05) is 38.2 Å². The van der Waals surface area contributed by atoms with E-state index in [-0.39, 0.29) is 5.91 Å². The third kappa shape index (κ3) is 6.33. The van der Waals surface area contributed by atoms with Gasteiger partial charge in [-0.1, -0.05) is 23.7 Å². The molecule has 1 aliphatic rings. The van der Waals surface area contributed by atoms with Crippen LogP contribution >= 0.6 is 11.6 Å². The molecule has 0 saturated carbocycles. The van der Waals surface area contributed by atoms with Gasteiger partial charge in [0.2, 0.25) is 0 Å². The van der Waals surface area contributed by atoms with Crippen LogP contribution in [-0.2, 0) is 11.3 Å². The average Bonchev–Trinajstić information content (AvgIpc) is 2.68. The second kappa shape index (κ2) is 9.85. The van der Waals surface area contributed by atoms with Crippen LogP contribution in [0.2, 0.25) is 5.02 Å². The minimum atomic E-state index is -0.141. The zero-order valence-electron chi connectivity index (χ0n) is 15.6. The largest absolute Gasteiger partial charge is 0.379 e. The number of hydrogen-bond donors (Lipinski definition) is 2. The lowest BCUT2D eigenvalue weighted by atomic mass is 10.1. The fourth-order valence-corrected chi connectivity index (χ4v) is 3.22. The van der Waals surface area contributed by atoms with Crippen LogP contribution in [0.25, 0.3) is 0 Å². The molecule has 0 aliphatic carbocycles. The van der Waals surface area contributed by atoms with E-state index >= 15 is 0 Å². The number of rotatable bonds is 7. The molecular formula is C21H26ClN3O2. The van der Waals surface area contributed by atoms with Crippen LogP contribution in [0.15, 0.2) is 48.5 Å². The van der Waals surface area contributed by atoms with Crippen molar-refractivity contribution in [2.45, 2.75) is 19.5 Å². The molecule has 1 unspecified atom stereocenters. The SMILES string of the molecule is CC(CN1CCOCC1)NCc1cccc(NC(=O)c2ccc(Cl)cc2)c1. The molecule has 0 radical (unpaired) electrons. The molecule has 1 amide bonds. The molecule has 2 N–H and O–H groups in total. The minimum Gasteiger partial charge on any atom is -0.379 e. The van der Waals surface area contributed by atoms with Crippen LogP contribution in [-0.4, -0.2) is 49.7 Å². The molecule has 1 heterocycles. The Bertz CT molecular complexity index is 745. The summed E-state index contributed by atoms with van der Waals surface area (Å²) in [5.41, 5.74) is 2.51. The first kappa shape index (κ1) is 19.8. The van der Waals surface area contributed by atoms with Gasteiger partial charge in [0, 0.05) is 48.5 Å². The van der Waals surface area contributed by atoms with E-state index in [1.807, 2.05) is 18.2 Å². The monoisotopic (exact) mass is 387 g/mol. The molecule has 5 nitrogen and oxygen atoms in total. The third-order valence-electron chi connectivity index (χ3n) is 4.58. The van der Waals surface area contributed by atoms with Gasteiger partial charge in [0.15, 0.2) is 0 Å². The van der Waals surface area contributed by atoms with E-state index in [4.69, 9.17) is 16.3 Å². The second-order valence-electron chi connectivity index (χ2n) is 6.86. The van der Waals surface area contributed by atoms with Crippen molar-refractivity contribution < 1.29 is 9.53 Å². The van der Waals surface area contributed by atoms with Crippen molar-refractivity contribution in [3.8, 4) is 0 Å².